The van der Waals surface area contributed by atoms with Gasteiger partial charge in [-0.1, -0.05) is 30.3 Å². The number of carbonyl (C=O) groups is 1. The van der Waals surface area contributed by atoms with E-state index in [4.69, 9.17) is 9.47 Å². The van der Waals surface area contributed by atoms with E-state index in [-0.39, 0.29) is 11.7 Å². The number of ether oxygens (including phenoxy) is 2. The fraction of sp³-hybridized carbons (Fsp3) is 0.286. The number of carbonyl (C=O) groups excluding carboxylic acids is 1. The van der Waals surface area contributed by atoms with Crippen molar-refractivity contribution < 1.29 is 14.3 Å². The van der Waals surface area contributed by atoms with Crippen molar-refractivity contribution in [2.45, 2.75) is 13.3 Å². The van der Waals surface area contributed by atoms with Crippen LogP contribution in [0.3, 0.4) is 0 Å². The van der Waals surface area contributed by atoms with Crippen LogP contribution in [0.4, 0.5) is 0 Å². The van der Waals surface area contributed by atoms with Gasteiger partial charge in [-0.3, -0.25) is 4.79 Å². The van der Waals surface area contributed by atoms with Crippen molar-refractivity contribution in [1.82, 2.24) is 20.1 Å². The second-order valence-electron chi connectivity index (χ2n) is 6.07. The third-order valence-electron chi connectivity index (χ3n) is 4.05. The van der Waals surface area contributed by atoms with Gasteiger partial charge in [0.1, 0.15) is 5.75 Å². The number of benzene rings is 2. The molecule has 0 aliphatic carbocycles. The Balaban J connectivity index is 1.91. The van der Waals surface area contributed by atoms with Crippen molar-refractivity contribution in [1.29, 1.82) is 0 Å². The zero-order valence-electron chi connectivity index (χ0n) is 16.1. The minimum Gasteiger partial charge on any atom is -0.494 e. The Morgan fingerprint density at radius 1 is 1.11 bits per heavy atom. The highest BCUT2D eigenvalue weighted by Gasteiger charge is 2.18. The number of nitrogens with zero attached hydrogens (tertiary/aromatic N) is 3. The molecule has 146 valence electrons. The number of hydrogen-bond donors (Lipinski definition) is 1. The average molecular weight is 380 g/mol. The van der Waals surface area contributed by atoms with E-state index in [9.17, 15) is 4.79 Å². The summed E-state index contributed by atoms with van der Waals surface area (Å²) in [6.07, 6.45) is 0.730. The number of rotatable bonds is 9. The van der Waals surface area contributed by atoms with Crippen LogP contribution < -0.4 is 10.1 Å². The molecule has 1 aromatic heterocycles. The monoisotopic (exact) mass is 380 g/mol. The number of amides is 1. The van der Waals surface area contributed by atoms with Crippen LogP contribution in [0.1, 0.15) is 24.0 Å². The van der Waals surface area contributed by atoms with E-state index < -0.39 is 0 Å². The first-order valence-electron chi connectivity index (χ1n) is 9.25. The molecule has 28 heavy (non-hydrogen) atoms. The molecule has 1 amide bonds. The van der Waals surface area contributed by atoms with Gasteiger partial charge >= 0.3 is 0 Å². The summed E-state index contributed by atoms with van der Waals surface area (Å²) in [5, 5.41) is 7.28. The van der Waals surface area contributed by atoms with Crippen LogP contribution in [0, 0.1) is 0 Å². The Kier molecular flexibility index (Phi) is 6.75. The van der Waals surface area contributed by atoms with Crippen LogP contribution in [-0.4, -0.2) is 47.5 Å². The van der Waals surface area contributed by atoms with Gasteiger partial charge in [0.15, 0.2) is 5.82 Å². The maximum Gasteiger partial charge on any atom is 0.290 e. The minimum absolute atomic E-state index is 0.130. The summed E-state index contributed by atoms with van der Waals surface area (Å²) >= 11 is 0. The summed E-state index contributed by atoms with van der Waals surface area (Å²) in [5.41, 5.74) is 1.68. The first-order chi connectivity index (χ1) is 13.7. The molecule has 0 spiro atoms. The van der Waals surface area contributed by atoms with E-state index in [1.54, 1.807) is 11.8 Å². The molecule has 0 saturated heterocycles. The van der Waals surface area contributed by atoms with Gasteiger partial charge in [0.05, 0.1) is 12.3 Å². The van der Waals surface area contributed by atoms with Gasteiger partial charge in [0, 0.05) is 25.8 Å². The highest BCUT2D eigenvalue weighted by atomic mass is 16.5. The normalized spacial score (nSPS) is 10.6. The predicted molar refractivity (Wildman–Crippen MR) is 107 cm³/mol. The summed E-state index contributed by atoms with van der Waals surface area (Å²) < 4.78 is 12.2. The third kappa shape index (κ3) is 4.75. The van der Waals surface area contributed by atoms with Crippen molar-refractivity contribution >= 4 is 5.91 Å². The Morgan fingerprint density at radius 3 is 2.54 bits per heavy atom. The van der Waals surface area contributed by atoms with Crippen molar-refractivity contribution in [3.63, 3.8) is 0 Å². The molecule has 0 fully saturated rings. The highest BCUT2D eigenvalue weighted by molar-refractivity contribution is 5.91. The van der Waals surface area contributed by atoms with Gasteiger partial charge in [0.2, 0.25) is 5.82 Å². The number of aromatic nitrogens is 3. The maximum absolute atomic E-state index is 12.5. The smallest absolute Gasteiger partial charge is 0.290 e. The van der Waals surface area contributed by atoms with Crippen LogP contribution in [-0.2, 0) is 4.74 Å². The SMILES string of the molecule is CCOc1ccc(-n2nc(C(=O)NCCCOC)nc2-c2ccccc2)cc1. The Bertz CT molecular complexity index is 892. The summed E-state index contributed by atoms with van der Waals surface area (Å²) in [6, 6.07) is 17.2. The van der Waals surface area contributed by atoms with Gasteiger partial charge in [-0.2, -0.15) is 0 Å². The fourth-order valence-electron chi connectivity index (χ4n) is 2.71. The first kappa shape index (κ1) is 19.6. The van der Waals surface area contributed by atoms with Gasteiger partial charge in [-0.15, -0.1) is 5.10 Å². The maximum atomic E-state index is 12.5. The molecule has 3 rings (SSSR count). The Hall–Kier alpha value is -3.19. The molecule has 0 atom stereocenters. The lowest BCUT2D eigenvalue weighted by Crippen LogP contribution is -2.26. The molecule has 0 aliphatic rings. The molecule has 7 nitrogen and oxygen atoms in total. The van der Waals surface area contributed by atoms with Crippen molar-refractivity contribution in [2.75, 3.05) is 26.9 Å². The molecular formula is C21H24N4O3. The number of nitrogens with one attached hydrogen (secondary N) is 1. The molecular weight excluding hydrogens is 356 g/mol. The van der Waals surface area contributed by atoms with E-state index in [0.717, 1.165) is 23.4 Å². The first-order valence-corrected chi connectivity index (χ1v) is 9.25. The lowest BCUT2D eigenvalue weighted by Gasteiger charge is -2.07. The van der Waals surface area contributed by atoms with Crippen LogP contribution >= 0.6 is 0 Å². The zero-order valence-corrected chi connectivity index (χ0v) is 16.1. The van der Waals surface area contributed by atoms with Crippen LogP contribution in [0.15, 0.2) is 54.6 Å². The standard InChI is InChI=1S/C21H24N4O3/c1-3-28-18-12-10-17(11-13-18)25-20(16-8-5-4-6-9-16)23-19(24-25)21(26)22-14-7-15-27-2/h4-6,8-13H,3,7,14-15H2,1-2H3,(H,22,26). The second kappa shape index (κ2) is 9.66. The summed E-state index contributed by atoms with van der Waals surface area (Å²) in [6.45, 7) is 3.64. The lowest BCUT2D eigenvalue weighted by atomic mass is 10.2. The molecule has 1 N–H and O–H groups in total. The molecule has 7 heteroatoms. The largest absolute Gasteiger partial charge is 0.494 e. The molecule has 1 heterocycles. The third-order valence-corrected chi connectivity index (χ3v) is 4.05. The minimum atomic E-state index is -0.307. The van der Waals surface area contributed by atoms with E-state index in [0.29, 0.717) is 25.6 Å². The molecule has 2 aromatic carbocycles. The van der Waals surface area contributed by atoms with Gasteiger partial charge in [-0.25, -0.2) is 9.67 Å². The molecule has 0 aliphatic heterocycles. The summed E-state index contributed by atoms with van der Waals surface area (Å²) in [4.78, 5) is 17.0. The summed E-state index contributed by atoms with van der Waals surface area (Å²) in [5.74, 6) is 1.21. The molecule has 0 radical (unpaired) electrons. The predicted octanol–water partition coefficient (Wildman–Crippen LogP) is 3.10. The van der Waals surface area contributed by atoms with Gasteiger partial charge in [-0.05, 0) is 37.6 Å². The number of hydrogen-bond acceptors (Lipinski definition) is 5. The van der Waals surface area contributed by atoms with E-state index >= 15 is 0 Å². The highest BCUT2D eigenvalue weighted by Crippen LogP contribution is 2.22. The molecule has 0 saturated carbocycles. The van der Waals surface area contributed by atoms with Crippen LogP contribution in [0.5, 0.6) is 5.75 Å². The quantitative estimate of drug-likeness (QED) is 0.577. The topological polar surface area (TPSA) is 78.3 Å². The fourth-order valence-corrected chi connectivity index (χ4v) is 2.71. The second-order valence-corrected chi connectivity index (χ2v) is 6.07. The average Bonchev–Trinajstić information content (AvgIpc) is 3.18. The lowest BCUT2D eigenvalue weighted by molar-refractivity contribution is 0.0938. The Morgan fingerprint density at radius 2 is 1.86 bits per heavy atom. The molecule has 0 unspecified atom stereocenters. The number of methoxy groups -OCH3 is 1. The van der Waals surface area contributed by atoms with Crippen LogP contribution in [0.2, 0.25) is 0 Å². The van der Waals surface area contributed by atoms with Gasteiger partial charge in [0.25, 0.3) is 5.91 Å². The van der Waals surface area contributed by atoms with Crippen molar-refractivity contribution in [2.24, 2.45) is 0 Å². The zero-order chi connectivity index (χ0) is 19.8. The Labute approximate surface area is 164 Å². The van der Waals surface area contributed by atoms with E-state index in [1.807, 2.05) is 61.5 Å². The van der Waals surface area contributed by atoms with E-state index in [1.165, 1.54) is 0 Å². The summed E-state index contributed by atoms with van der Waals surface area (Å²) in [7, 11) is 1.63. The molecule has 3 aromatic rings. The van der Waals surface area contributed by atoms with Crippen LogP contribution in [0.25, 0.3) is 17.1 Å². The molecule has 0 bridgehead atoms. The van der Waals surface area contributed by atoms with Crippen molar-refractivity contribution in [3.05, 3.63) is 60.4 Å². The van der Waals surface area contributed by atoms with E-state index in [2.05, 4.69) is 15.4 Å². The van der Waals surface area contributed by atoms with Gasteiger partial charge < -0.3 is 14.8 Å². The van der Waals surface area contributed by atoms with Crippen molar-refractivity contribution in [3.8, 4) is 22.8 Å².